The first-order chi connectivity index (χ1) is 14.9. The second-order valence-corrected chi connectivity index (χ2v) is 10.3. The van der Waals surface area contributed by atoms with E-state index >= 15 is 0 Å². The van der Waals surface area contributed by atoms with Crippen LogP contribution in [-0.2, 0) is 20.6 Å². The number of ether oxygens (including phenoxy) is 2. The normalized spacial score (nSPS) is 23.3. The highest BCUT2D eigenvalue weighted by Crippen LogP contribution is 2.34. The molecule has 10 nitrogen and oxygen atoms in total. The van der Waals surface area contributed by atoms with Crippen LogP contribution in [0.4, 0.5) is 5.82 Å². The standard InChI is InChI=1S/C19H29ClN5O5P/c20-19-23-17(22-13-5-3-1-2-4-6-13)16-9-21-25(18(16)24-19)10-14-7-8-15(30-14)11-29-12-31(26,27)28/h9,13-15H,1-8,10-12H2,(H,22,23,24)(H2,26,27,28)/t14-,15-/m0/s1. The molecule has 172 valence electrons. The number of nitrogens with zero attached hydrogens (tertiary/aromatic N) is 4. The van der Waals surface area contributed by atoms with Gasteiger partial charge in [-0.2, -0.15) is 15.1 Å². The molecule has 2 aromatic rings. The SMILES string of the molecule is O=P(O)(O)COC[C@@H]1CC[C@@H](Cn2ncc3c(NC4CCCCCC4)nc(Cl)nc32)O1. The quantitative estimate of drug-likeness (QED) is 0.300. The van der Waals surface area contributed by atoms with Crippen molar-refractivity contribution in [1.29, 1.82) is 0 Å². The maximum atomic E-state index is 10.9. The molecule has 3 heterocycles. The number of aromatic nitrogens is 4. The summed E-state index contributed by atoms with van der Waals surface area (Å²) in [5.41, 5.74) is 0.668. The molecule has 0 amide bonds. The number of anilines is 1. The molecule has 1 saturated heterocycles. The fraction of sp³-hybridized carbons (Fsp3) is 0.737. The summed E-state index contributed by atoms with van der Waals surface area (Å²) >= 11 is 6.22. The molecule has 0 radical (unpaired) electrons. The summed E-state index contributed by atoms with van der Waals surface area (Å²) < 4.78 is 23.7. The molecular weight excluding hydrogens is 445 g/mol. The Labute approximate surface area is 185 Å². The highest BCUT2D eigenvalue weighted by Gasteiger charge is 2.28. The van der Waals surface area contributed by atoms with Gasteiger partial charge in [-0.15, -0.1) is 0 Å². The van der Waals surface area contributed by atoms with Crippen LogP contribution in [0.5, 0.6) is 0 Å². The summed E-state index contributed by atoms with van der Waals surface area (Å²) in [4.78, 5) is 26.6. The van der Waals surface area contributed by atoms with E-state index in [4.69, 9.17) is 30.9 Å². The lowest BCUT2D eigenvalue weighted by Crippen LogP contribution is -2.21. The summed E-state index contributed by atoms with van der Waals surface area (Å²) in [7, 11) is -4.16. The summed E-state index contributed by atoms with van der Waals surface area (Å²) in [6.07, 6.45) is 9.71. The largest absolute Gasteiger partial charge is 0.371 e. The highest BCUT2D eigenvalue weighted by molar-refractivity contribution is 7.51. The number of nitrogens with one attached hydrogen (secondary N) is 1. The number of hydrogen-bond acceptors (Lipinski definition) is 7. The van der Waals surface area contributed by atoms with Gasteiger partial charge in [0.05, 0.1) is 36.9 Å². The van der Waals surface area contributed by atoms with E-state index in [9.17, 15) is 4.57 Å². The Bertz CT molecular complexity index is 930. The second kappa shape index (κ2) is 10.1. The lowest BCUT2D eigenvalue weighted by atomic mass is 10.1. The molecule has 1 aliphatic carbocycles. The van der Waals surface area contributed by atoms with Crippen molar-refractivity contribution in [3.05, 3.63) is 11.5 Å². The average Bonchev–Trinajstić information content (AvgIpc) is 3.21. The second-order valence-electron chi connectivity index (χ2n) is 8.36. The average molecular weight is 474 g/mol. The summed E-state index contributed by atoms with van der Waals surface area (Å²) in [6, 6.07) is 0.382. The van der Waals surface area contributed by atoms with Gasteiger partial charge in [0, 0.05) is 6.04 Å². The molecule has 12 heteroatoms. The lowest BCUT2D eigenvalue weighted by Gasteiger charge is -2.17. The van der Waals surface area contributed by atoms with Crippen LogP contribution >= 0.6 is 19.2 Å². The van der Waals surface area contributed by atoms with E-state index in [0.29, 0.717) is 18.2 Å². The van der Waals surface area contributed by atoms with Crippen LogP contribution in [0.15, 0.2) is 6.20 Å². The molecule has 0 aromatic carbocycles. The molecule has 2 fully saturated rings. The molecule has 2 atom stereocenters. The van der Waals surface area contributed by atoms with Crippen molar-refractivity contribution in [1.82, 2.24) is 19.7 Å². The third-order valence-corrected chi connectivity index (χ3v) is 6.49. The van der Waals surface area contributed by atoms with Crippen LogP contribution < -0.4 is 5.32 Å². The summed E-state index contributed by atoms with van der Waals surface area (Å²) in [5.74, 6) is 0.726. The zero-order valence-electron chi connectivity index (χ0n) is 17.3. The van der Waals surface area contributed by atoms with Crippen molar-refractivity contribution < 1.29 is 23.8 Å². The van der Waals surface area contributed by atoms with Crippen molar-refractivity contribution in [2.24, 2.45) is 0 Å². The number of hydrogen-bond donors (Lipinski definition) is 3. The van der Waals surface area contributed by atoms with Gasteiger partial charge in [-0.05, 0) is 37.3 Å². The summed E-state index contributed by atoms with van der Waals surface area (Å²) in [5, 5.41) is 9.07. The lowest BCUT2D eigenvalue weighted by molar-refractivity contribution is -0.0136. The number of fused-ring (bicyclic) bond motifs is 1. The van der Waals surface area contributed by atoms with E-state index in [1.165, 1.54) is 25.7 Å². The molecular formula is C19H29ClN5O5P. The highest BCUT2D eigenvalue weighted by atomic mass is 35.5. The Morgan fingerprint density at radius 2 is 1.90 bits per heavy atom. The first kappa shape index (κ1) is 22.9. The first-order valence-electron chi connectivity index (χ1n) is 10.8. The fourth-order valence-corrected chi connectivity index (χ4v) is 4.83. The van der Waals surface area contributed by atoms with E-state index in [1.54, 1.807) is 10.9 Å². The smallest absolute Gasteiger partial charge is 0.350 e. The monoisotopic (exact) mass is 473 g/mol. The Morgan fingerprint density at radius 1 is 1.16 bits per heavy atom. The van der Waals surface area contributed by atoms with E-state index in [0.717, 1.165) is 36.9 Å². The van der Waals surface area contributed by atoms with Gasteiger partial charge in [0.2, 0.25) is 5.28 Å². The zero-order valence-corrected chi connectivity index (χ0v) is 19.0. The minimum Gasteiger partial charge on any atom is -0.371 e. The third-order valence-electron chi connectivity index (χ3n) is 5.80. The van der Waals surface area contributed by atoms with Gasteiger partial charge in [0.1, 0.15) is 12.2 Å². The Kier molecular flexibility index (Phi) is 7.46. The van der Waals surface area contributed by atoms with E-state index in [2.05, 4.69) is 20.4 Å². The topological polar surface area (TPSA) is 132 Å². The van der Waals surface area contributed by atoms with Gasteiger partial charge in [-0.3, -0.25) is 4.57 Å². The minimum absolute atomic E-state index is 0.0845. The fourth-order valence-electron chi connectivity index (χ4n) is 4.32. The molecule has 31 heavy (non-hydrogen) atoms. The summed E-state index contributed by atoms with van der Waals surface area (Å²) in [6.45, 7) is 0.666. The van der Waals surface area contributed by atoms with Crippen LogP contribution in [0.25, 0.3) is 11.0 Å². The minimum atomic E-state index is -4.16. The van der Waals surface area contributed by atoms with Crippen molar-refractivity contribution in [2.45, 2.75) is 76.2 Å². The van der Waals surface area contributed by atoms with Gasteiger partial charge < -0.3 is 24.6 Å². The Balaban J connectivity index is 1.40. The van der Waals surface area contributed by atoms with E-state index in [-0.39, 0.29) is 24.1 Å². The van der Waals surface area contributed by atoms with Crippen LogP contribution in [0.2, 0.25) is 5.28 Å². The number of halogens is 1. The van der Waals surface area contributed by atoms with Gasteiger partial charge in [-0.25, -0.2) is 4.68 Å². The molecule has 1 aliphatic heterocycles. The number of rotatable bonds is 8. The van der Waals surface area contributed by atoms with Crippen LogP contribution in [0.3, 0.4) is 0 Å². The van der Waals surface area contributed by atoms with Crippen molar-refractivity contribution in [3.8, 4) is 0 Å². The maximum absolute atomic E-state index is 10.9. The molecule has 3 N–H and O–H groups in total. The zero-order chi connectivity index (χ0) is 21.8. The van der Waals surface area contributed by atoms with Gasteiger partial charge in [-0.1, -0.05) is 25.7 Å². The van der Waals surface area contributed by atoms with Crippen molar-refractivity contribution >= 4 is 36.0 Å². The maximum Gasteiger partial charge on any atom is 0.350 e. The molecule has 0 bridgehead atoms. The molecule has 4 rings (SSSR count). The van der Waals surface area contributed by atoms with Crippen LogP contribution in [0, 0.1) is 0 Å². The molecule has 2 aliphatic rings. The van der Waals surface area contributed by atoms with Crippen molar-refractivity contribution in [2.75, 3.05) is 18.3 Å². The Morgan fingerprint density at radius 3 is 2.65 bits per heavy atom. The van der Waals surface area contributed by atoms with E-state index < -0.39 is 13.9 Å². The van der Waals surface area contributed by atoms with Crippen molar-refractivity contribution in [3.63, 3.8) is 0 Å². The predicted molar refractivity (Wildman–Crippen MR) is 116 cm³/mol. The van der Waals surface area contributed by atoms with Crippen LogP contribution in [0.1, 0.15) is 51.4 Å². The molecule has 0 unspecified atom stereocenters. The van der Waals surface area contributed by atoms with Gasteiger partial charge >= 0.3 is 7.60 Å². The van der Waals surface area contributed by atoms with Crippen LogP contribution in [-0.4, -0.2) is 60.7 Å². The van der Waals surface area contributed by atoms with Gasteiger partial charge in [0.25, 0.3) is 0 Å². The Hall–Kier alpha value is -1.29. The molecule has 0 spiro atoms. The predicted octanol–water partition coefficient (Wildman–Crippen LogP) is 3.31. The van der Waals surface area contributed by atoms with E-state index in [1.807, 2.05) is 0 Å². The van der Waals surface area contributed by atoms with Gasteiger partial charge in [0.15, 0.2) is 5.65 Å². The molecule has 1 saturated carbocycles. The first-order valence-corrected chi connectivity index (χ1v) is 13.0. The molecule has 2 aromatic heterocycles. The third kappa shape index (κ3) is 6.37.